The van der Waals surface area contributed by atoms with Crippen LogP contribution in [0.15, 0.2) is 43.1 Å². The molecule has 2 aromatic heterocycles. The van der Waals surface area contributed by atoms with Crippen molar-refractivity contribution in [2.24, 2.45) is 0 Å². The van der Waals surface area contributed by atoms with Crippen molar-refractivity contribution in [3.8, 4) is 0 Å². The summed E-state index contributed by atoms with van der Waals surface area (Å²) in [5.41, 5.74) is 2.93. The highest BCUT2D eigenvalue weighted by Gasteiger charge is 2.17. The molecule has 1 saturated heterocycles. The third-order valence-corrected chi connectivity index (χ3v) is 4.73. The van der Waals surface area contributed by atoms with Gasteiger partial charge in [0.15, 0.2) is 0 Å². The molecule has 4 rings (SSSR count). The minimum absolute atomic E-state index is 0.00388. The molecule has 0 radical (unpaired) electrons. The molecule has 1 aliphatic rings. The van der Waals surface area contributed by atoms with Gasteiger partial charge in [0, 0.05) is 37.6 Å². The number of nitrogens with one attached hydrogen (secondary N) is 1. The number of aromatic nitrogens is 4. The molecule has 1 aliphatic heterocycles. The molecule has 1 fully saturated rings. The third-order valence-electron chi connectivity index (χ3n) is 4.73. The molecule has 0 atom stereocenters. The first kappa shape index (κ1) is 16.5. The van der Waals surface area contributed by atoms with Crippen LogP contribution in [-0.4, -0.2) is 38.7 Å². The fraction of sp³-hybridized carbons (Fsp3) is 0.368. The molecule has 3 aromatic rings. The van der Waals surface area contributed by atoms with Gasteiger partial charge in [0.25, 0.3) is 0 Å². The normalized spacial score (nSPS) is 14.1. The number of hydrogen-bond donors (Lipinski definition) is 1. The Morgan fingerprint density at radius 2 is 2.08 bits per heavy atom. The number of amides is 1. The van der Waals surface area contributed by atoms with E-state index in [2.05, 4.69) is 31.3 Å². The lowest BCUT2D eigenvalue weighted by molar-refractivity contribution is -0.116. The van der Waals surface area contributed by atoms with E-state index in [0.717, 1.165) is 41.8 Å². The lowest BCUT2D eigenvalue weighted by Gasteiger charge is -2.20. The Morgan fingerprint density at radius 3 is 2.88 bits per heavy atom. The van der Waals surface area contributed by atoms with Crippen molar-refractivity contribution in [3.63, 3.8) is 0 Å². The number of carbonyl (C=O) groups is 1. The van der Waals surface area contributed by atoms with Crippen molar-refractivity contribution in [2.45, 2.75) is 32.2 Å². The van der Waals surface area contributed by atoms with Crippen molar-refractivity contribution in [2.75, 3.05) is 23.3 Å². The molecule has 0 saturated carbocycles. The summed E-state index contributed by atoms with van der Waals surface area (Å²) in [5.74, 6) is 0.00388. The maximum Gasteiger partial charge on any atom is 0.224 e. The number of hydrogen-bond acceptors (Lipinski definition) is 5. The summed E-state index contributed by atoms with van der Waals surface area (Å²) in [5, 5.41) is 8.07. The number of benzene rings is 1. The van der Waals surface area contributed by atoms with Crippen LogP contribution in [0.2, 0.25) is 0 Å². The molecule has 134 valence electrons. The largest absolute Gasteiger partial charge is 0.370 e. The van der Waals surface area contributed by atoms with E-state index in [-0.39, 0.29) is 5.91 Å². The second-order valence-electron chi connectivity index (χ2n) is 6.54. The molecular formula is C19H22N6O. The van der Waals surface area contributed by atoms with Crippen LogP contribution in [0.1, 0.15) is 25.7 Å². The van der Waals surface area contributed by atoms with E-state index < -0.39 is 0 Å². The number of pyridine rings is 1. The summed E-state index contributed by atoms with van der Waals surface area (Å²) in [6.45, 7) is 2.82. The first-order valence-corrected chi connectivity index (χ1v) is 9.06. The molecule has 1 amide bonds. The summed E-state index contributed by atoms with van der Waals surface area (Å²) in [6.07, 6.45) is 8.57. The van der Waals surface area contributed by atoms with E-state index in [1.54, 1.807) is 11.0 Å². The van der Waals surface area contributed by atoms with Crippen LogP contribution in [0.3, 0.4) is 0 Å². The molecule has 3 heterocycles. The Bertz CT molecular complexity index is 886. The SMILES string of the molecule is O=C(CCCn1cncn1)Nc1ccc(N2CCCC2)c2ncccc12. The molecule has 1 aromatic carbocycles. The van der Waals surface area contributed by atoms with Gasteiger partial charge < -0.3 is 10.2 Å². The standard InChI is InChI=1S/C19H22N6O/c26-18(6-4-12-25-14-20-13-22-25)23-16-7-8-17(24-10-1-2-11-24)19-15(16)5-3-9-21-19/h3,5,7-9,13-14H,1-2,4,6,10-12H2,(H,23,26). The molecular weight excluding hydrogens is 328 g/mol. The van der Waals surface area contributed by atoms with Crippen molar-refractivity contribution < 1.29 is 4.79 Å². The average molecular weight is 350 g/mol. The highest BCUT2D eigenvalue weighted by atomic mass is 16.1. The lowest BCUT2D eigenvalue weighted by atomic mass is 10.1. The summed E-state index contributed by atoms with van der Waals surface area (Å²) in [4.78, 5) is 23.2. The number of anilines is 2. The van der Waals surface area contributed by atoms with Crippen molar-refractivity contribution in [3.05, 3.63) is 43.1 Å². The third kappa shape index (κ3) is 3.51. The number of nitrogens with zero attached hydrogens (tertiary/aromatic N) is 5. The van der Waals surface area contributed by atoms with E-state index in [0.29, 0.717) is 13.0 Å². The average Bonchev–Trinajstić information content (AvgIpc) is 3.36. The van der Waals surface area contributed by atoms with E-state index >= 15 is 0 Å². The molecule has 1 N–H and O–H groups in total. The van der Waals surface area contributed by atoms with Crippen LogP contribution in [0.25, 0.3) is 10.9 Å². The fourth-order valence-corrected chi connectivity index (χ4v) is 3.44. The Labute approximate surface area is 152 Å². The van der Waals surface area contributed by atoms with Crippen molar-refractivity contribution in [1.29, 1.82) is 0 Å². The quantitative estimate of drug-likeness (QED) is 0.740. The van der Waals surface area contributed by atoms with Gasteiger partial charge in [-0.2, -0.15) is 5.10 Å². The van der Waals surface area contributed by atoms with E-state index in [9.17, 15) is 4.79 Å². The predicted molar refractivity (Wildman–Crippen MR) is 101 cm³/mol. The van der Waals surface area contributed by atoms with E-state index in [4.69, 9.17) is 0 Å². The lowest BCUT2D eigenvalue weighted by Crippen LogP contribution is -2.18. The zero-order valence-electron chi connectivity index (χ0n) is 14.6. The van der Waals surface area contributed by atoms with Crippen LogP contribution in [0.4, 0.5) is 11.4 Å². The highest BCUT2D eigenvalue weighted by molar-refractivity contribution is 6.05. The van der Waals surface area contributed by atoms with E-state index in [1.807, 2.05) is 24.4 Å². The second-order valence-corrected chi connectivity index (χ2v) is 6.54. The first-order chi connectivity index (χ1) is 12.8. The Morgan fingerprint density at radius 1 is 1.19 bits per heavy atom. The molecule has 0 aliphatic carbocycles. The van der Waals surface area contributed by atoms with Gasteiger partial charge in [-0.3, -0.25) is 14.5 Å². The maximum absolute atomic E-state index is 12.3. The van der Waals surface area contributed by atoms with Gasteiger partial charge in [-0.05, 0) is 43.5 Å². The number of rotatable bonds is 6. The minimum atomic E-state index is 0.00388. The van der Waals surface area contributed by atoms with Gasteiger partial charge in [0.1, 0.15) is 12.7 Å². The predicted octanol–water partition coefficient (Wildman–Crippen LogP) is 2.85. The smallest absolute Gasteiger partial charge is 0.224 e. The van der Waals surface area contributed by atoms with E-state index in [1.165, 1.54) is 19.2 Å². The van der Waals surface area contributed by atoms with Crippen LogP contribution in [0.5, 0.6) is 0 Å². The van der Waals surface area contributed by atoms with Crippen LogP contribution < -0.4 is 10.2 Å². The molecule has 0 spiro atoms. The molecule has 7 nitrogen and oxygen atoms in total. The molecule has 26 heavy (non-hydrogen) atoms. The van der Waals surface area contributed by atoms with Crippen molar-refractivity contribution >= 4 is 28.2 Å². The number of fused-ring (bicyclic) bond motifs is 1. The van der Waals surface area contributed by atoms with Gasteiger partial charge in [0.05, 0.1) is 16.9 Å². The Kier molecular flexibility index (Phi) is 4.77. The zero-order chi connectivity index (χ0) is 17.8. The monoisotopic (exact) mass is 350 g/mol. The molecule has 0 bridgehead atoms. The Balaban J connectivity index is 1.47. The molecule has 0 unspecified atom stereocenters. The van der Waals surface area contributed by atoms with Crippen LogP contribution in [0, 0.1) is 0 Å². The topological polar surface area (TPSA) is 75.9 Å². The summed E-state index contributed by atoms with van der Waals surface area (Å²) < 4.78 is 1.73. The number of carbonyl (C=O) groups excluding carboxylic acids is 1. The van der Waals surface area contributed by atoms with Gasteiger partial charge in [0.2, 0.25) is 5.91 Å². The summed E-state index contributed by atoms with van der Waals surface area (Å²) >= 11 is 0. The van der Waals surface area contributed by atoms with Gasteiger partial charge in [-0.25, -0.2) is 4.98 Å². The fourth-order valence-electron chi connectivity index (χ4n) is 3.44. The second kappa shape index (κ2) is 7.51. The summed E-state index contributed by atoms with van der Waals surface area (Å²) in [7, 11) is 0. The van der Waals surface area contributed by atoms with Gasteiger partial charge in [-0.1, -0.05) is 0 Å². The summed E-state index contributed by atoms with van der Waals surface area (Å²) in [6, 6.07) is 8.00. The minimum Gasteiger partial charge on any atom is -0.370 e. The van der Waals surface area contributed by atoms with Crippen LogP contribution in [-0.2, 0) is 11.3 Å². The first-order valence-electron chi connectivity index (χ1n) is 9.06. The van der Waals surface area contributed by atoms with Gasteiger partial charge in [-0.15, -0.1) is 0 Å². The maximum atomic E-state index is 12.3. The molecule has 7 heteroatoms. The van der Waals surface area contributed by atoms with Crippen molar-refractivity contribution in [1.82, 2.24) is 19.7 Å². The van der Waals surface area contributed by atoms with Gasteiger partial charge >= 0.3 is 0 Å². The zero-order valence-corrected chi connectivity index (χ0v) is 14.6. The number of aryl methyl sites for hydroxylation is 1. The van der Waals surface area contributed by atoms with Crippen LogP contribution >= 0.6 is 0 Å². The Hall–Kier alpha value is -2.96. The highest BCUT2D eigenvalue weighted by Crippen LogP contribution is 2.32.